The second kappa shape index (κ2) is 12.8. The smallest absolute Gasteiger partial charge is 0.296 e. The molecule has 0 spiro atoms. The van der Waals surface area contributed by atoms with Crippen LogP contribution in [-0.4, -0.2) is 12.5 Å². The first kappa shape index (κ1) is 15.8. The van der Waals surface area contributed by atoms with Gasteiger partial charge in [0.2, 0.25) is 0 Å². The van der Waals surface area contributed by atoms with Crippen molar-refractivity contribution in [1.29, 1.82) is 0 Å². The van der Waals surface area contributed by atoms with Gasteiger partial charge in [-0.2, -0.15) is 0 Å². The molecular weight excluding hydrogens is 313 g/mol. The summed E-state index contributed by atoms with van der Waals surface area (Å²) in [4.78, 5) is 11.0. The lowest BCUT2D eigenvalue weighted by atomic mass is 10.1. The predicted molar refractivity (Wildman–Crippen MR) is 77.4 cm³/mol. The lowest BCUT2D eigenvalue weighted by Gasteiger charge is -2.02. The number of rotatable bonds is 9. The van der Waals surface area contributed by atoms with Gasteiger partial charge in [-0.15, -0.1) is 0 Å². The predicted octanol–water partition coefficient (Wildman–Crippen LogP) is 3.64. The van der Waals surface area contributed by atoms with Crippen LogP contribution in [0, 0.1) is 9.85 Å². The maximum Gasteiger partial charge on any atom is 0.296 e. The number of unbranched alkanes of at least 4 members (excludes halogenated alkanes) is 7. The minimum atomic E-state index is -0.155. The van der Waals surface area contributed by atoms with Crippen molar-refractivity contribution in [2.24, 2.45) is 0 Å². The number of hydrogen-bond donors (Lipinski definition) is 1. The van der Waals surface area contributed by atoms with Crippen LogP contribution in [0.4, 0.5) is 0 Å². The summed E-state index contributed by atoms with van der Waals surface area (Å²) >= 11 is 1.87. The molecule has 0 saturated heterocycles. The Morgan fingerprint density at radius 1 is 1.06 bits per heavy atom. The molecule has 0 rings (SSSR count). The normalized spacial score (nSPS) is 9.38. The van der Waals surface area contributed by atoms with Crippen LogP contribution in [-0.2, 0) is 4.79 Å². The second-order valence-electron chi connectivity index (χ2n) is 3.95. The van der Waals surface area contributed by atoms with Crippen molar-refractivity contribution in [3.05, 3.63) is 0 Å². The van der Waals surface area contributed by atoms with Gasteiger partial charge < -0.3 is 5.32 Å². The first-order chi connectivity index (χ1) is 7.81. The van der Waals surface area contributed by atoms with Crippen molar-refractivity contribution in [3.8, 4) is 9.85 Å². The van der Waals surface area contributed by atoms with Crippen LogP contribution in [0.25, 0.3) is 0 Å². The molecule has 3 heteroatoms. The van der Waals surface area contributed by atoms with E-state index in [-0.39, 0.29) is 5.91 Å². The highest BCUT2D eigenvalue weighted by atomic mass is 127. The lowest BCUT2D eigenvalue weighted by Crippen LogP contribution is -2.22. The Morgan fingerprint density at radius 2 is 1.62 bits per heavy atom. The van der Waals surface area contributed by atoms with Gasteiger partial charge in [0, 0.05) is 35.1 Å². The fourth-order valence-electron chi connectivity index (χ4n) is 1.55. The van der Waals surface area contributed by atoms with Gasteiger partial charge in [0.05, 0.1) is 0 Å². The maximum absolute atomic E-state index is 11.0. The molecule has 0 saturated carbocycles. The highest BCUT2D eigenvalue weighted by molar-refractivity contribution is 14.1. The van der Waals surface area contributed by atoms with Crippen molar-refractivity contribution in [2.45, 2.75) is 58.3 Å². The monoisotopic (exact) mass is 335 g/mol. The van der Waals surface area contributed by atoms with Crippen LogP contribution < -0.4 is 5.32 Å². The van der Waals surface area contributed by atoms with E-state index < -0.39 is 0 Å². The van der Waals surface area contributed by atoms with E-state index in [0.717, 1.165) is 13.0 Å². The van der Waals surface area contributed by atoms with E-state index in [1.165, 1.54) is 44.9 Å². The summed E-state index contributed by atoms with van der Waals surface area (Å²) in [5.41, 5.74) is 0. The topological polar surface area (TPSA) is 29.1 Å². The second-order valence-corrected chi connectivity index (χ2v) is 4.49. The van der Waals surface area contributed by atoms with E-state index >= 15 is 0 Å². The molecule has 0 heterocycles. The molecule has 0 aromatic carbocycles. The van der Waals surface area contributed by atoms with E-state index in [9.17, 15) is 4.79 Å². The first-order valence-electron chi connectivity index (χ1n) is 6.20. The van der Waals surface area contributed by atoms with Crippen LogP contribution in [0.3, 0.4) is 0 Å². The molecule has 0 aliphatic carbocycles. The lowest BCUT2D eigenvalue weighted by molar-refractivity contribution is -0.115. The summed E-state index contributed by atoms with van der Waals surface area (Å²) in [5, 5.41) is 2.78. The number of halogens is 1. The molecule has 1 N–H and O–H groups in total. The number of hydrogen-bond acceptors (Lipinski definition) is 1. The molecule has 0 aliphatic rings. The van der Waals surface area contributed by atoms with Crippen molar-refractivity contribution >= 4 is 28.5 Å². The summed E-state index contributed by atoms with van der Waals surface area (Å²) in [6.45, 7) is 3.00. The van der Waals surface area contributed by atoms with Crippen LogP contribution in [0.2, 0.25) is 0 Å². The van der Waals surface area contributed by atoms with Crippen molar-refractivity contribution in [3.63, 3.8) is 0 Å². The summed E-state index contributed by atoms with van der Waals surface area (Å²) < 4.78 is 2.56. The third-order valence-electron chi connectivity index (χ3n) is 2.48. The molecule has 0 radical (unpaired) electrons. The summed E-state index contributed by atoms with van der Waals surface area (Å²) in [6.07, 6.45) is 10.3. The van der Waals surface area contributed by atoms with Crippen LogP contribution in [0.1, 0.15) is 58.3 Å². The van der Waals surface area contributed by atoms with Gasteiger partial charge in [0.25, 0.3) is 5.91 Å². The minimum Gasteiger partial charge on any atom is -0.345 e. The Labute approximate surface area is 113 Å². The van der Waals surface area contributed by atoms with E-state index in [4.69, 9.17) is 0 Å². The van der Waals surface area contributed by atoms with E-state index in [0.29, 0.717) is 0 Å². The summed E-state index contributed by atoms with van der Waals surface area (Å²) in [7, 11) is 0. The quantitative estimate of drug-likeness (QED) is 0.389. The Bertz CT molecular complexity index is 230. The van der Waals surface area contributed by atoms with Crippen LogP contribution >= 0.6 is 22.6 Å². The van der Waals surface area contributed by atoms with Crippen molar-refractivity contribution in [2.75, 3.05) is 6.54 Å². The zero-order valence-electron chi connectivity index (χ0n) is 10.2. The molecule has 16 heavy (non-hydrogen) atoms. The molecule has 0 fully saturated rings. The molecule has 0 aromatic heterocycles. The standard InChI is InChI=1S/C13H22INO/c1-2-3-4-5-6-7-8-9-12-15-13(16)10-11-14/h2-9,12H2,1H3,(H,15,16). The molecular formula is C13H22INO. The average molecular weight is 335 g/mol. The zero-order valence-corrected chi connectivity index (χ0v) is 12.3. The molecule has 1 amide bonds. The van der Waals surface area contributed by atoms with Crippen molar-refractivity contribution in [1.82, 2.24) is 5.32 Å². The van der Waals surface area contributed by atoms with Gasteiger partial charge >= 0.3 is 0 Å². The molecule has 92 valence electrons. The largest absolute Gasteiger partial charge is 0.345 e. The number of nitrogens with one attached hydrogen (secondary N) is 1. The Kier molecular flexibility index (Phi) is 12.6. The third-order valence-corrected chi connectivity index (χ3v) is 2.75. The van der Waals surface area contributed by atoms with E-state index in [2.05, 4.69) is 22.1 Å². The fourth-order valence-corrected chi connectivity index (χ4v) is 1.79. The molecule has 0 bridgehead atoms. The highest BCUT2D eigenvalue weighted by Gasteiger charge is 1.94. The molecule has 2 nitrogen and oxygen atoms in total. The Hall–Kier alpha value is -0.240. The first-order valence-corrected chi connectivity index (χ1v) is 7.28. The van der Waals surface area contributed by atoms with Gasteiger partial charge in [0.15, 0.2) is 0 Å². The molecule has 0 aliphatic heterocycles. The Morgan fingerprint density at radius 3 is 2.19 bits per heavy atom. The number of carbonyl (C=O) groups excluding carboxylic acids is 1. The average Bonchev–Trinajstić information content (AvgIpc) is 2.27. The van der Waals surface area contributed by atoms with Crippen LogP contribution in [0.15, 0.2) is 0 Å². The molecule has 0 unspecified atom stereocenters. The van der Waals surface area contributed by atoms with E-state index in [1.54, 1.807) is 0 Å². The maximum atomic E-state index is 11.0. The van der Waals surface area contributed by atoms with Crippen LogP contribution in [0.5, 0.6) is 0 Å². The fraction of sp³-hybridized carbons (Fsp3) is 0.769. The zero-order chi connectivity index (χ0) is 12.1. The van der Waals surface area contributed by atoms with Gasteiger partial charge in [-0.05, 0) is 10.3 Å². The van der Waals surface area contributed by atoms with Gasteiger partial charge in [-0.3, -0.25) is 4.79 Å². The minimum absolute atomic E-state index is 0.155. The van der Waals surface area contributed by atoms with Gasteiger partial charge in [-0.25, -0.2) is 0 Å². The van der Waals surface area contributed by atoms with Gasteiger partial charge in [-0.1, -0.05) is 51.9 Å². The Balaban J connectivity index is 3.09. The van der Waals surface area contributed by atoms with Crippen molar-refractivity contribution < 1.29 is 4.79 Å². The van der Waals surface area contributed by atoms with E-state index in [1.807, 2.05) is 22.6 Å². The number of amides is 1. The highest BCUT2D eigenvalue weighted by Crippen LogP contribution is 2.07. The number of carbonyl (C=O) groups is 1. The summed E-state index contributed by atoms with van der Waals surface area (Å²) in [6, 6.07) is 0. The SMILES string of the molecule is CCCCCCCCCCNC(=O)C#CI. The molecule has 0 atom stereocenters. The molecule has 0 aromatic rings. The third kappa shape index (κ3) is 11.8. The summed E-state index contributed by atoms with van der Waals surface area (Å²) in [5.74, 6) is 2.30. The van der Waals surface area contributed by atoms with Gasteiger partial charge in [0.1, 0.15) is 0 Å².